The lowest BCUT2D eigenvalue weighted by Gasteiger charge is -2.40. The van der Waals surface area contributed by atoms with Gasteiger partial charge in [-0.2, -0.15) is 9.57 Å². The van der Waals surface area contributed by atoms with Gasteiger partial charge in [0.25, 0.3) is 0 Å². The highest BCUT2D eigenvalue weighted by Crippen LogP contribution is 2.48. The Hall–Kier alpha value is -3.40. The van der Waals surface area contributed by atoms with Crippen molar-refractivity contribution in [3.05, 3.63) is 113 Å². The summed E-state index contributed by atoms with van der Waals surface area (Å²) in [5.74, 6) is -0.0944. The maximum absolute atomic E-state index is 14.0. The number of aryl methyl sites for hydroxylation is 1. The Balaban J connectivity index is 1.62. The van der Waals surface area contributed by atoms with E-state index in [0.29, 0.717) is 18.5 Å². The van der Waals surface area contributed by atoms with Gasteiger partial charge in [-0.25, -0.2) is 8.42 Å². The first-order valence-corrected chi connectivity index (χ1v) is 12.5. The summed E-state index contributed by atoms with van der Waals surface area (Å²) in [4.78, 5) is 2.27. The zero-order chi connectivity index (χ0) is 23.0. The van der Waals surface area contributed by atoms with Crippen molar-refractivity contribution in [1.82, 2.24) is 9.21 Å². The molecule has 0 aliphatic carbocycles. The molecule has 166 valence electrons. The van der Waals surface area contributed by atoms with Gasteiger partial charge < -0.3 is 4.90 Å². The number of nitriles is 1. The Morgan fingerprint density at radius 1 is 0.939 bits per heavy atom. The first-order valence-electron chi connectivity index (χ1n) is 11.1. The molecule has 1 fully saturated rings. The molecule has 2 aliphatic rings. The minimum absolute atomic E-state index is 0.0944. The molecule has 0 aromatic heterocycles. The van der Waals surface area contributed by atoms with E-state index in [1.807, 2.05) is 90.8 Å². The van der Waals surface area contributed by atoms with Crippen LogP contribution in [0.2, 0.25) is 0 Å². The Morgan fingerprint density at radius 3 is 2.21 bits per heavy atom. The maximum atomic E-state index is 14.0. The predicted molar refractivity (Wildman–Crippen MR) is 127 cm³/mol. The number of hydrogen-bond donors (Lipinski definition) is 0. The van der Waals surface area contributed by atoms with Crippen molar-refractivity contribution < 1.29 is 8.42 Å². The lowest BCUT2D eigenvalue weighted by Crippen LogP contribution is -2.52. The Morgan fingerprint density at radius 2 is 1.58 bits per heavy atom. The summed E-state index contributed by atoms with van der Waals surface area (Å²) in [5, 5.41) is 10.1. The van der Waals surface area contributed by atoms with Crippen LogP contribution in [0.1, 0.15) is 29.0 Å². The molecule has 2 aliphatic heterocycles. The molecule has 3 aromatic rings. The number of fused-ring (bicyclic) bond motifs is 2. The van der Waals surface area contributed by atoms with E-state index in [4.69, 9.17) is 0 Å². The molecule has 0 saturated carbocycles. The summed E-state index contributed by atoms with van der Waals surface area (Å²) < 4.78 is 29.5. The number of hydrogen-bond acceptors (Lipinski definition) is 4. The lowest BCUT2D eigenvalue weighted by atomic mass is 9.89. The van der Waals surface area contributed by atoms with Crippen LogP contribution in [0.5, 0.6) is 0 Å². The maximum Gasteiger partial charge on any atom is 0.245 e. The largest absolute Gasteiger partial charge is 0.356 e. The molecule has 0 amide bonds. The highest BCUT2D eigenvalue weighted by Gasteiger charge is 2.54. The molecule has 0 N–H and O–H groups in total. The molecule has 3 atom stereocenters. The smallest absolute Gasteiger partial charge is 0.245 e. The molecule has 3 aromatic carbocycles. The molecule has 6 heteroatoms. The van der Waals surface area contributed by atoms with Gasteiger partial charge in [-0.15, -0.1) is 0 Å². The van der Waals surface area contributed by atoms with E-state index in [1.165, 1.54) is 0 Å². The summed E-state index contributed by atoms with van der Waals surface area (Å²) in [5.41, 5.74) is 3.60. The molecule has 0 unspecified atom stereocenters. The Kier molecular flexibility index (Phi) is 5.53. The van der Waals surface area contributed by atoms with E-state index >= 15 is 0 Å². The van der Waals surface area contributed by atoms with Crippen molar-refractivity contribution in [2.45, 2.75) is 42.9 Å². The third kappa shape index (κ3) is 3.84. The fourth-order valence-corrected chi connectivity index (χ4v) is 6.81. The summed E-state index contributed by atoms with van der Waals surface area (Å²) in [6.07, 6.45) is 2.12. The number of sulfonamides is 1. The van der Waals surface area contributed by atoms with E-state index in [9.17, 15) is 13.7 Å². The summed E-state index contributed by atoms with van der Waals surface area (Å²) in [6.45, 7) is 2.47. The monoisotopic (exact) mass is 455 g/mol. The van der Waals surface area contributed by atoms with Crippen molar-refractivity contribution in [3.8, 4) is 6.07 Å². The highest BCUT2D eigenvalue weighted by molar-refractivity contribution is 7.89. The second kappa shape index (κ2) is 8.51. The van der Waals surface area contributed by atoms with Crippen LogP contribution in [-0.4, -0.2) is 29.8 Å². The number of benzene rings is 3. The molecular weight excluding hydrogens is 430 g/mol. The molecule has 5 rings (SSSR count). The van der Waals surface area contributed by atoms with Gasteiger partial charge in [0.2, 0.25) is 10.0 Å². The van der Waals surface area contributed by atoms with Gasteiger partial charge in [0, 0.05) is 18.7 Å². The average molecular weight is 456 g/mol. The number of nitrogens with zero attached hydrogens (tertiary/aromatic N) is 3. The van der Waals surface area contributed by atoms with Gasteiger partial charge in [-0.3, -0.25) is 0 Å². The molecule has 0 spiro atoms. The van der Waals surface area contributed by atoms with Crippen LogP contribution in [0.25, 0.3) is 0 Å². The predicted octanol–water partition coefficient (Wildman–Crippen LogP) is 4.79. The van der Waals surface area contributed by atoms with Crippen molar-refractivity contribution >= 4 is 10.0 Å². The van der Waals surface area contributed by atoms with Crippen molar-refractivity contribution in [2.75, 3.05) is 0 Å². The zero-order valence-corrected chi connectivity index (χ0v) is 19.2. The SMILES string of the molecule is Cc1ccc(S(=O)(=O)N2[C@@H]3C(C#N)=CN(Cc4ccccc4)[C@H]2C[C@@H]3c2ccccc2)cc1. The van der Waals surface area contributed by atoms with E-state index in [2.05, 4.69) is 6.07 Å². The molecule has 2 heterocycles. The fraction of sp³-hybridized carbons (Fsp3) is 0.222. The Bertz CT molecular complexity index is 1310. The van der Waals surface area contributed by atoms with E-state index in [1.54, 1.807) is 16.4 Å². The molecule has 33 heavy (non-hydrogen) atoms. The van der Waals surface area contributed by atoms with Crippen molar-refractivity contribution in [1.29, 1.82) is 5.26 Å². The van der Waals surface area contributed by atoms with Crippen LogP contribution < -0.4 is 0 Å². The minimum atomic E-state index is -3.82. The van der Waals surface area contributed by atoms with Crippen molar-refractivity contribution in [2.24, 2.45) is 0 Å². The van der Waals surface area contributed by atoms with Crippen LogP contribution in [0.3, 0.4) is 0 Å². The number of rotatable bonds is 5. The summed E-state index contributed by atoms with van der Waals surface area (Å²) in [7, 11) is -3.82. The van der Waals surface area contributed by atoms with Gasteiger partial charge in [0.1, 0.15) is 0 Å². The normalized spacial score (nSPS) is 22.6. The van der Waals surface area contributed by atoms with Gasteiger partial charge in [0.05, 0.1) is 28.7 Å². The van der Waals surface area contributed by atoms with Crippen LogP contribution in [0, 0.1) is 18.3 Å². The van der Waals surface area contributed by atoms with Crippen molar-refractivity contribution in [3.63, 3.8) is 0 Å². The third-order valence-electron chi connectivity index (χ3n) is 6.58. The summed E-state index contributed by atoms with van der Waals surface area (Å²) >= 11 is 0. The first-order chi connectivity index (χ1) is 16.0. The topological polar surface area (TPSA) is 64.4 Å². The minimum Gasteiger partial charge on any atom is -0.356 e. The molecule has 0 radical (unpaired) electrons. The van der Waals surface area contributed by atoms with Crippen LogP contribution in [0.15, 0.2) is 102 Å². The lowest BCUT2D eigenvalue weighted by molar-refractivity contribution is 0.147. The quantitative estimate of drug-likeness (QED) is 0.555. The Labute approximate surface area is 195 Å². The highest BCUT2D eigenvalue weighted by atomic mass is 32.2. The van der Waals surface area contributed by atoms with Crippen LogP contribution >= 0.6 is 0 Å². The van der Waals surface area contributed by atoms with E-state index in [-0.39, 0.29) is 17.0 Å². The second-order valence-corrected chi connectivity index (χ2v) is 10.5. The fourth-order valence-electron chi connectivity index (χ4n) is 5.00. The van der Waals surface area contributed by atoms with Gasteiger partial charge in [-0.05, 0) is 36.6 Å². The first kappa shape index (κ1) is 21.4. The molecule has 5 nitrogen and oxygen atoms in total. The van der Waals surface area contributed by atoms with Gasteiger partial charge in [-0.1, -0.05) is 78.4 Å². The summed E-state index contributed by atoms with van der Waals surface area (Å²) in [6, 6.07) is 28.6. The standard InChI is InChI=1S/C27H25N3O2S/c1-20-12-14-24(15-13-20)33(31,32)30-26-16-25(22-10-6-3-7-11-22)27(30)23(17-28)19-29(26)18-21-8-4-2-5-9-21/h2-15,19,25-27H,16,18H2,1H3/t25-,26-,27-/m1/s1. The molecular formula is C27H25N3O2S. The van der Waals surface area contributed by atoms with Crippen LogP contribution in [-0.2, 0) is 16.6 Å². The van der Waals surface area contributed by atoms with Crippen LogP contribution in [0.4, 0.5) is 0 Å². The second-order valence-electron chi connectivity index (χ2n) is 8.68. The third-order valence-corrected chi connectivity index (χ3v) is 8.47. The van der Waals surface area contributed by atoms with E-state index in [0.717, 1.165) is 16.7 Å². The van der Waals surface area contributed by atoms with Gasteiger partial charge >= 0.3 is 0 Å². The molecule has 2 bridgehead atoms. The molecule has 1 saturated heterocycles. The van der Waals surface area contributed by atoms with E-state index < -0.39 is 16.1 Å². The van der Waals surface area contributed by atoms with Gasteiger partial charge in [0.15, 0.2) is 0 Å². The average Bonchev–Trinajstić information content (AvgIpc) is 3.17. The zero-order valence-electron chi connectivity index (χ0n) is 18.4.